The Balaban J connectivity index is 1.63. The lowest BCUT2D eigenvalue weighted by Gasteiger charge is -2.62. The van der Waals surface area contributed by atoms with E-state index in [0.717, 1.165) is 31.1 Å². The monoisotopic (exact) mass is 372 g/mol. The van der Waals surface area contributed by atoms with Gasteiger partial charge >= 0.3 is 0 Å². The number of ketones is 1. The Morgan fingerprint density at radius 3 is 2.41 bits per heavy atom. The number of aliphatic hydroxyl groups is 1. The van der Waals surface area contributed by atoms with Crippen molar-refractivity contribution in [2.45, 2.75) is 97.0 Å². The normalized spacial score (nSPS) is 52.7. The third-order valence-electron chi connectivity index (χ3n) is 9.97. The molecule has 7 unspecified atom stereocenters. The molecule has 4 fully saturated rings. The molecule has 2 nitrogen and oxygen atoms in total. The van der Waals surface area contributed by atoms with E-state index in [9.17, 15) is 9.90 Å². The summed E-state index contributed by atoms with van der Waals surface area (Å²) < 4.78 is 0. The molecule has 4 aliphatic rings. The zero-order valence-electron chi connectivity index (χ0n) is 17.8. The molecule has 0 saturated heterocycles. The van der Waals surface area contributed by atoms with Crippen LogP contribution in [0.4, 0.5) is 0 Å². The van der Waals surface area contributed by atoms with Crippen LogP contribution in [0, 0.1) is 40.4 Å². The van der Waals surface area contributed by atoms with Crippen molar-refractivity contribution in [2.75, 3.05) is 0 Å². The number of hydrogen-bond donors (Lipinski definition) is 1. The smallest absolute Gasteiger partial charge is 0.158 e. The maximum absolute atomic E-state index is 12.6. The van der Waals surface area contributed by atoms with Crippen molar-refractivity contribution >= 4 is 5.78 Å². The fourth-order valence-electron chi connectivity index (χ4n) is 8.55. The minimum absolute atomic E-state index is 0.185. The first kappa shape index (κ1) is 19.7. The summed E-state index contributed by atoms with van der Waals surface area (Å²) >= 11 is 0. The van der Waals surface area contributed by atoms with Gasteiger partial charge in [-0.3, -0.25) is 4.79 Å². The lowest BCUT2D eigenvalue weighted by atomic mass is 9.42. The summed E-state index contributed by atoms with van der Waals surface area (Å²) in [6, 6.07) is 0. The molecular weight excluding hydrogens is 332 g/mol. The first-order chi connectivity index (χ1) is 12.7. The van der Waals surface area contributed by atoms with Gasteiger partial charge in [-0.15, -0.1) is 0 Å². The van der Waals surface area contributed by atoms with Crippen molar-refractivity contribution in [1.29, 1.82) is 0 Å². The SMILES string of the molecule is C=CC(=O)C1CCCC2C3CCC4CC(C)(O)CCC[C@]4(C)C3CCC12C. The molecule has 8 atom stereocenters. The van der Waals surface area contributed by atoms with Gasteiger partial charge in [0.05, 0.1) is 5.60 Å². The van der Waals surface area contributed by atoms with Crippen LogP contribution in [0.5, 0.6) is 0 Å². The quantitative estimate of drug-likeness (QED) is 0.610. The van der Waals surface area contributed by atoms with Gasteiger partial charge in [0.2, 0.25) is 0 Å². The van der Waals surface area contributed by atoms with E-state index in [1.807, 2.05) is 0 Å². The molecule has 0 amide bonds. The van der Waals surface area contributed by atoms with Gasteiger partial charge in [-0.25, -0.2) is 0 Å². The summed E-state index contributed by atoms with van der Waals surface area (Å²) in [4.78, 5) is 12.6. The van der Waals surface area contributed by atoms with Crippen LogP contribution in [0.25, 0.3) is 0 Å². The van der Waals surface area contributed by atoms with Gasteiger partial charge in [-0.2, -0.15) is 0 Å². The van der Waals surface area contributed by atoms with E-state index in [1.165, 1.54) is 51.4 Å². The highest BCUT2D eigenvalue weighted by Gasteiger charge is 2.59. The average molecular weight is 373 g/mol. The number of allylic oxidation sites excluding steroid dienone is 1. The predicted octanol–water partition coefficient (Wildman–Crippen LogP) is 5.93. The van der Waals surface area contributed by atoms with E-state index < -0.39 is 5.60 Å². The molecule has 0 aromatic rings. The van der Waals surface area contributed by atoms with Crippen LogP contribution in [0.15, 0.2) is 12.7 Å². The molecule has 27 heavy (non-hydrogen) atoms. The molecule has 0 aliphatic heterocycles. The summed E-state index contributed by atoms with van der Waals surface area (Å²) in [7, 11) is 0. The summed E-state index contributed by atoms with van der Waals surface area (Å²) in [5.74, 6) is 3.46. The van der Waals surface area contributed by atoms with Gasteiger partial charge in [0, 0.05) is 5.92 Å². The Morgan fingerprint density at radius 1 is 0.926 bits per heavy atom. The van der Waals surface area contributed by atoms with Gasteiger partial charge in [0.25, 0.3) is 0 Å². The number of hydrogen-bond acceptors (Lipinski definition) is 2. The molecule has 1 N–H and O–H groups in total. The lowest BCUT2D eigenvalue weighted by Crippen LogP contribution is -2.56. The first-order valence-electron chi connectivity index (χ1n) is 11.6. The van der Waals surface area contributed by atoms with Gasteiger partial charge in [0.15, 0.2) is 5.78 Å². The van der Waals surface area contributed by atoms with E-state index >= 15 is 0 Å². The third-order valence-corrected chi connectivity index (χ3v) is 9.97. The highest BCUT2D eigenvalue weighted by Crippen LogP contribution is 2.66. The molecule has 0 radical (unpaired) electrons. The standard InChI is InChI=1S/C25H40O2/c1-5-22(26)21-9-6-8-19-18-11-10-17-16-23(2,27)13-7-14-24(17,3)20(18)12-15-25(19,21)4/h5,17-21,27H,1,6-16H2,2-4H3/t17?,18?,19?,20?,21?,23?,24-,25?/m0/s1. The summed E-state index contributed by atoms with van der Waals surface area (Å²) in [6.45, 7) is 10.9. The van der Waals surface area contributed by atoms with E-state index in [2.05, 4.69) is 27.4 Å². The molecule has 0 spiro atoms. The summed E-state index contributed by atoms with van der Waals surface area (Å²) in [5.41, 5.74) is 0.106. The maximum Gasteiger partial charge on any atom is 0.158 e. The van der Waals surface area contributed by atoms with Gasteiger partial charge in [-0.1, -0.05) is 33.3 Å². The lowest BCUT2D eigenvalue weighted by molar-refractivity contribution is -0.150. The molecule has 0 bridgehead atoms. The molecule has 0 aromatic carbocycles. The van der Waals surface area contributed by atoms with Crippen molar-refractivity contribution < 1.29 is 9.90 Å². The second-order valence-electron chi connectivity index (χ2n) is 11.3. The van der Waals surface area contributed by atoms with Crippen LogP contribution in [0.1, 0.15) is 91.4 Å². The molecule has 4 saturated carbocycles. The maximum atomic E-state index is 12.6. The van der Waals surface area contributed by atoms with Crippen LogP contribution in [0.2, 0.25) is 0 Å². The van der Waals surface area contributed by atoms with Crippen LogP contribution in [-0.2, 0) is 4.79 Å². The van der Waals surface area contributed by atoms with Gasteiger partial charge in [-0.05, 0) is 105 Å². The topological polar surface area (TPSA) is 37.3 Å². The van der Waals surface area contributed by atoms with Crippen LogP contribution >= 0.6 is 0 Å². The van der Waals surface area contributed by atoms with E-state index in [1.54, 1.807) is 6.08 Å². The predicted molar refractivity (Wildman–Crippen MR) is 110 cm³/mol. The Labute approximate surface area is 166 Å². The average Bonchev–Trinajstić information content (AvgIpc) is 2.74. The summed E-state index contributed by atoms with van der Waals surface area (Å²) in [6.07, 6.45) is 14.7. The largest absolute Gasteiger partial charge is 0.390 e. The Kier molecular flexibility index (Phi) is 4.89. The minimum atomic E-state index is -0.468. The van der Waals surface area contributed by atoms with Crippen molar-refractivity contribution in [3.05, 3.63) is 12.7 Å². The second kappa shape index (κ2) is 6.71. The Hall–Kier alpha value is -0.630. The summed E-state index contributed by atoms with van der Waals surface area (Å²) in [5, 5.41) is 10.8. The number of carbonyl (C=O) groups is 1. The van der Waals surface area contributed by atoms with Crippen molar-refractivity contribution in [3.63, 3.8) is 0 Å². The van der Waals surface area contributed by atoms with Crippen LogP contribution in [-0.4, -0.2) is 16.5 Å². The fraction of sp³-hybridized carbons (Fsp3) is 0.880. The number of rotatable bonds is 2. The molecule has 4 rings (SSSR count). The van der Waals surface area contributed by atoms with Gasteiger partial charge < -0.3 is 5.11 Å². The van der Waals surface area contributed by atoms with E-state index in [-0.39, 0.29) is 11.3 Å². The second-order valence-corrected chi connectivity index (χ2v) is 11.3. The molecule has 152 valence electrons. The Morgan fingerprint density at radius 2 is 1.67 bits per heavy atom. The van der Waals surface area contributed by atoms with Crippen LogP contribution in [0.3, 0.4) is 0 Å². The Bertz CT molecular complexity index is 607. The van der Waals surface area contributed by atoms with Crippen LogP contribution < -0.4 is 0 Å². The van der Waals surface area contributed by atoms with Gasteiger partial charge in [0.1, 0.15) is 0 Å². The molecule has 0 aromatic heterocycles. The van der Waals surface area contributed by atoms with E-state index in [0.29, 0.717) is 23.0 Å². The molecule has 4 aliphatic carbocycles. The molecule has 0 heterocycles. The van der Waals surface area contributed by atoms with Crippen molar-refractivity contribution in [2.24, 2.45) is 40.4 Å². The highest BCUT2D eigenvalue weighted by atomic mass is 16.3. The third kappa shape index (κ3) is 3.05. The highest BCUT2D eigenvalue weighted by molar-refractivity contribution is 5.91. The zero-order chi connectivity index (χ0) is 19.4. The fourth-order valence-corrected chi connectivity index (χ4v) is 8.55. The zero-order valence-corrected chi connectivity index (χ0v) is 17.8. The molecular formula is C25H40O2. The van der Waals surface area contributed by atoms with Crippen molar-refractivity contribution in [3.8, 4) is 0 Å². The van der Waals surface area contributed by atoms with Crippen molar-refractivity contribution in [1.82, 2.24) is 0 Å². The molecule has 2 heteroatoms. The number of carbonyl (C=O) groups excluding carboxylic acids is 1. The first-order valence-corrected chi connectivity index (χ1v) is 11.6. The minimum Gasteiger partial charge on any atom is -0.390 e. The van der Waals surface area contributed by atoms with E-state index in [4.69, 9.17) is 0 Å². The number of fused-ring (bicyclic) bond motifs is 5.